The Labute approximate surface area is 146 Å². The number of nitrogens with one attached hydrogen (secondary N) is 2. The minimum Gasteiger partial charge on any atom is -0.365 e. The highest BCUT2D eigenvalue weighted by Crippen LogP contribution is 2.15. The molecule has 1 aromatic carbocycles. The number of carbonyl (C=O) groups excluding carboxylic acids is 1. The van der Waals surface area contributed by atoms with Crippen LogP contribution in [0.2, 0.25) is 0 Å². The Morgan fingerprint density at radius 3 is 2.60 bits per heavy atom. The van der Waals surface area contributed by atoms with E-state index in [4.69, 9.17) is 0 Å². The molecule has 1 atom stereocenters. The number of anilines is 1. The van der Waals surface area contributed by atoms with Gasteiger partial charge >= 0.3 is 0 Å². The van der Waals surface area contributed by atoms with Gasteiger partial charge in [0.25, 0.3) is 5.91 Å². The summed E-state index contributed by atoms with van der Waals surface area (Å²) in [7, 11) is -2.95. The second-order valence-corrected chi connectivity index (χ2v) is 8.25. The molecule has 1 fully saturated rings. The Balaban J connectivity index is 1.49. The number of benzene rings is 1. The summed E-state index contributed by atoms with van der Waals surface area (Å²) in [5, 5.41) is 5.85. The maximum atomic E-state index is 12.1. The molecule has 1 aromatic heterocycles. The molecule has 7 nitrogen and oxygen atoms in total. The molecular weight excluding hydrogens is 340 g/mol. The maximum absolute atomic E-state index is 12.1. The Morgan fingerprint density at radius 1 is 1.16 bits per heavy atom. The van der Waals surface area contributed by atoms with Crippen molar-refractivity contribution in [3.05, 3.63) is 54.0 Å². The van der Waals surface area contributed by atoms with Gasteiger partial charge in [-0.15, -0.1) is 0 Å². The predicted octanol–water partition coefficient (Wildman–Crippen LogP) is 1.05. The Kier molecular flexibility index (Phi) is 5.28. The summed E-state index contributed by atoms with van der Waals surface area (Å²) in [6.45, 7) is 0.518. The molecule has 2 heterocycles. The zero-order valence-electron chi connectivity index (χ0n) is 13.7. The minimum absolute atomic E-state index is 0.108. The van der Waals surface area contributed by atoms with Crippen LogP contribution in [0.15, 0.2) is 42.7 Å². The van der Waals surface area contributed by atoms with E-state index in [0.717, 1.165) is 12.0 Å². The number of hydrogen-bond acceptors (Lipinski definition) is 6. The van der Waals surface area contributed by atoms with Gasteiger partial charge in [0.2, 0.25) is 0 Å². The van der Waals surface area contributed by atoms with Gasteiger partial charge in [-0.25, -0.2) is 18.4 Å². The lowest BCUT2D eigenvalue weighted by molar-refractivity contribution is 0.0949. The number of hydrogen-bond donors (Lipinski definition) is 2. The van der Waals surface area contributed by atoms with E-state index in [1.165, 1.54) is 12.4 Å². The molecule has 1 aliphatic rings. The van der Waals surface area contributed by atoms with Gasteiger partial charge in [-0.1, -0.05) is 30.3 Å². The monoisotopic (exact) mass is 360 g/mol. The van der Waals surface area contributed by atoms with E-state index in [1.54, 1.807) is 0 Å². The summed E-state index contributed by atoms with van der Waals surface area (Å²) in [5.74, 6) is 0.498. The van der Waals surface area contributed by atoms with E-state index in [1.807, 2.05) is 30.3 Å². The van der Waals surface area contributed by atoms with Gasteiger partial charge in [-0.05, 0) is 18.4 Å². The van der Waals surface area contributed by atoms with Crippen LogP contribution in [0.3, 0.4) is 0 Å². The second-order valence-electron chi connectivity index (χ2n) is 6.02. The summed E-state index contributed by atoms with van der Waals surface area (Å²) in [6.07, 6.45) is 4.15. The smallest absolute Gasteiger partial charge is 0.271 e. The van der Waals surface area contributed by atoms with Crippen molar-refractivity contribution in [2.24, 2.45) is 0 Å². The lowest BCUT2D eigenvalue weighted by Gasteiger charge is -2.11. The van der Waals surface area contributed by atoms with Crippen molar-refractivity contribution in [1.29, 1.82) is 0 Å². The van der Waals surface area contributed by atoms with Crippen LogP contribution < -0.4 is 10.6 Å². The van der Waals surface area contributed by atoms with Gasteiger partial charge in [-0.3, -0.25) is 4.79 Å². The molecule has 8 heteroatoms. The molecule has 0 bridgehead atoms. The van der Waals surface area contributed by atoms with Crippen molar-refractivity contribution >= 4 is 21.6 Å². The molecule has 1 amide bonds. The lowest BCUT2D eigenvalue weighted by Crippen LogP contribution is -2.27. The molecular formula is C17H20N4O3S. The van der Waals surface area contributed by atoms with Crippen LogP contribution in [0.25, 0.3) is 0 Å². The number of amides is 1. The normalized spacial score (nSPS) is 18.6. The van der Waals surface area contributed by atoms with Crippen LogP contribution in [0.5, 0.6) is 0 Å². The Hall–Kier alpha value is -2.48. The molecule has 132 valence electrons. The van der Waals surface area contributed by atoms with Crippen molar-refractivity contribution in [3.8, 4) is 0 Å². The topological polar surface area (TPSA) is 101 Å². The van der Waals surface area contributed by atoms with Crippen LogP contribution >= 0.6 is 0 Å². The van der Waals surface area contributed by atoms with Crippen LogP contribution in [0.1, 0.15) is 22.5 Å². The highest BCUT2D eigenvalue weighted by Gasteiger charge is 2.27. The SMILES string of the molecule is O=C(NCCc1ccccc1)c1cnc(NC2CCS(=O)(=O)C2)cn1. The molecule has 1 saturated heterocycles. The largest absolute Gasteiger partial charge is 0.365 e. The first-order chi connectivity index (χ1) is 12.0. The zero-order valence-corrected chi connectivity index (χ0v) is 14.5. The fraction of sp³-hybridized carbons (Fsp3) is 0.353. The van der Waals surface area contributed by atoms with Crippen LogP contribution in [0, 0.1) is 0 Å². The standard InChI is InChI=1S/C17H20N4O3S/c22-17(18-8-6-13-4-2-1-3-5-13)15-10-20-16(11-19-15)21-14-7-9-25(23,24)12-14/h1-5,10-11,14H,6-9,12H2,(H,18,22)(H,20,21). The summed E-state index contributed by atoms with van der Waals surface area (Å²) < 4.78 is 22.9. The Bertz CT molecular complexity index is 823. The van der Waals surface area contributed by atoms with Crippen molar-refractivity contribution < 1.29 is 13.2 Å². The first kappa shape index (κ1) is 17.3. The third-order valence-electron chi connectivity index (χ3n) is 4.01. The van der Waals surface area contributed by atoms with Gasteiger partial charge in [0.1, 0.15) is 11.5 Å². The molecule has 25 heavy (non-hydrogen) atoms. The summed E-state index contributed by atoms with van der Waals surface area (Å²) in [4.78, 5) is 20.3. The van der Waals surface area contributed by atoms with Crippen LogP contribution in [-0.4, -0.2) is 48.4 Å². The van der Waals surface area contributed by atoms with Crippen molar-refractivity contribution in [2.45, 2.75) is 18.9 Å². The molecule has 1 aliphatic heterocycles. The summed E-state index contributed by atoms with van der Waals surface area (Å²) >= 11 is 0. The van der Waals surface area contributed by atoms with Gasteiger partial charge in [-0.2, -0.15) is 0 Å². The van der Waals surface area contributed by atoms with Gasteiger partial charge in [0.15, 0.2) is 9.84 Å². The second kappa shape index (κ2) is 7.60. The van der Waals surface area contributed by atoms with Crippen LogP contribution in [-0.2, 0) is 16.3 Å². The molecule has 3 rings (SSSR count). The van der Waals surface area contributed by atoms with Gasteiger partial charge in [0.05, 0.1) is 23.9 Å². The van der Waals surface area contributed by atoms with E-state index in [0.29, 0.717) is 18.8 Å². The van der Waals surface area contributed by atoms with E-state index in [2.05, 4.69) is 20.6 Å². The first-order valence-electron chi connectivity index (χ1n) is 8.13. The number of carbonyl (C=O) groups is 1. The summed E-state index contributed by atoms with van der Waals surface area (Å²) in [6, 6.07) is 9.75. The zero-order chi connectivity index (χ0) is 17.7. The molecule has 1 unspecified atom stereocenters. The molecule has 2 aromatic rings. The third-order valence-corrected chi connectivity index (χ3v) is 5.78. The molecule has 0 aliphatic carbocycles. The summed E-state index contributed by atoms with van der Waals surface area (Å²) in [5.41, 5.74) is 1.39. The predicted molar refractivity (Wildman–Crippen MR) is 95.2 cm³/mol. The highest BCUT2D eigenvalue weighted by molar-refractivity contribution is 7.91. The van der Waals surface area contributed by atoms with Gasteiger partial charge < -0.3 is 10.6 Å². The van der Waals surface area contributed by atoms with Crippen molar-refractivity contribution in [2.75, 3.05) is 23.4 Å². The average Bonchev–Trinajstić information content (AvgIpc) is 2.95. The van der Waals surface area contributed by atoms with Crippen molar-refractivity contribution in [1.82, 2.24) is 15.3 Å². The number of nitrogens with zero attached hydrogens (tertiary/aromatic N) is 2. The average molecular weight is 360 g/mol. The number of sulfone groups is 1. The molecule has 0 saturated carbocycles. The van der Waals surface area contributed by atoms with E-state index < -0.39 is 9.84 Å². The van der Waals surface area contributed by atoms with Gasteiger partial charge in [0, 0.05) is 12.6 Å². The number of aromatic nitrogens is 2. The molecule has 0 spiro atoms. The van der Waals surface area contributed by atoms with E-state index in [-0.39, 0.29) is 29.1 Å². The maximum Gasteiger partial charge on any atom is 0.271 e. The quantitative estimate of drug-likeness (QED) is 0.798. The highest BCUT2D eigenvalue weighted by atomic mass is 32.2. The minimum atomic E-state index is -2.95. The van der Waals surface area contributed by atoms with E-state index in [9.17, 15) is 13.2 Å². The fourth-order valence-electron chi connectivity index (χ4n) is 2.69. The van der Waals surface area contributed by atoms with Crippen LogP contribution in [0.4, 0.5) is 5.82 Å². The first-order valence-corrected chi connectivity index (χ1v) is 9.95. The molecule has 2 N–H and O–H groups in total. The molecule has 0 radical (unpaired) electrons. The fourth-order valence-corrected chi connectivity index (χ4v) is 4.37. The van der Waals surface area contributed by atoms with E-state index >= 15 is 0 Å². The lowest BCUT2D eigenvalue weighted by atomic mass is 10.1. The number of rotatable bonds is 6. The van der Waals surface area contributed by atoms with Crippen molar-refractivity contribution in [3.63, 3.8) is 0 Å². The third kappa shape index (κ3) is 4.99. The Morgan fingerprint density at radius 2 is 1.96 bits per heavy atom.